The van der Waals surface area contributed by atoms with Gasteiger partial charge < -0.3 is 10.0 Å². The minimum atomic E-state index is -4.65. The number of benzene rings is 1. The molecule has 1 aliphatic heterocycles. The number of rotatable bonds is 4. The predicted octanol–water partition coefficient (Wildman–Crippen LogP) is 5.99. The topological polar surface area (TPSA) is 92.5 Å². The molecule has 1 aromatic carbocycles. The summed E-state index contributed by atoms with van der Waals surface area (Å²) >= 11 is 12.9. The largest absolute Gasteiger partial charge is 0.481 e. The summed E-state index contributed by atoms with van der Waals surface area (Å²) in [5.74, 6) is -2.06. The van der Waals surface area contributed by atoms with Crippen LogP contribution >= 0.6 is 23.2 Å². The van der Waals surface area contributed by atoms with Crippen molar-refractivity contribution in [3.63, 3.8) is 0 Å². The Bertz CT molecular complexity index is 1430. The van der Waals surface area contributed by atoms with Crippen molar-refractivity contribution in [2.75, 3.05) is 13.1 Å². The van der Waals surface area contributed by atoms with Gasteiger partial charge in [-0.05, 0) is 56.4 Å². The van der Waals surface area contributed by atoms with Crippen LogP contribution in [0.2, 0.25) is 10.0 Å². The van der Waals surface area contributed by atoms with E-state index in [9.17, 15) is 27.6 Å². The number of carboxylic acid groups (broad SMARTS) is 1. The number of pyridine rings is 1. The first-order valence-corrected chi connectivity index (χ1v) is 12.2. The lowest BCUT2D eigenvalue weighted by Crippen LogP contribution is -2.39. The van der Waals surface area contributed by atoms with Crippen LogP contribution in [0.25, 0.3) is 10.9 Å². The molecule has 12 heteroatoms. The highest BCUT2D eigenvalue weighted by molar-refractivity contribution is 6.41. The monoisotopic (exact) mass is 555 g/mol. The van der Waals surface area contributed by atoms with Gasteiger partial charge in [-0.2, -0.15) is 13.2 Å². The van der Waals surface area contributed by atoms with Crippen molar-refractivity contribution >= 4 is 51.9 Å². The quantitative estimate of drug-likeness (QED) is 0.426. The van der Waals surface area contributed by atoms with Crippen LogP contribution in [-0.2, 0) is 11.0 Å². The molecular formula is C25H22Cl2F3N3O4. The van der Waals surface area contributed by atoms with Crippen molar-refractivity contribution in [3.8, 4) is 0 Å². The third-order valence-electron chi connectivity index (χ3n) is 6.57. The number of carbonyl (C=O) groups excluding carboxylic acids is 2. The number of carbonyl (C=O) groups is 3. The zero-order valence-electron chi connectivity index (χ0n) is 19.8. The first-order chi connectivity index (χ1) is 17.3. The standard InChI is InChI=1S/C25H22Cl2F3N3O4/c1-12-11-33(22-13(2)31-18(10-16(12)22)25(28,29)30)24(37)20-17(26)4-3-15(21(20)27)23(36)32-7-5-14(6-8-32)9-19(34)35/h3-4,10-11,14H,5-9H2,1-2H3,(H,34,35). The van der Waals surface area contributed by atoms with Crippen molar-refractivity contribution in [2.24, 2.45) is 5.92 Å². The van der Waals surface area contributed by atoms with Crippen molar-refractivity contribution in [2.45, 2.75) is 39.3 Å². The van der Waals surface area contributed by atoms with E-state index in [4.69, 9.17) is 28.3 Å². The van der Waals surface area contributed by atoms with Crippen molar-refractivity contribution in [3.05, 3.63) is 62.5 Å². The summed E-state index contributed by atoms with van der Waals surface area (Å²) in [6.45, 7) is 3.63. The Balaban J connectivity index is 1.70. The highest BCUT2D eigenvalue weighted by Crippen LogP contribution is 2.35. The van der Waals surface area contributed by atoms with E-state index >= 15 is 0 Å². The van der Waals surface area contributed by atoms with Gasteiger partial charge in [0.25, 0.3) is 11.8 Å². The van der Waals surface area contributed by atoms with Gasteiger partial charge in [-0.1, -0.05) is 23.2 Å². The molecule has 3 heterocycles. The number of piperidine rings is 1. The molecule has 1 fully saturated rings. The molecule has 196 valence electrons. The number of hydrogen-bond acceptors (Lipinski definition) is 4. The number of hydrogen-bond donors (Lipinski definition) is 1. The molecule has 4 rings (SSSR count). The average Bonchev–Trinajstić information content (AvgIpc) is 3.15. The molecule has 3 aromatic rings. The van der Waals surface area contributed by atoms with Crippen LogP contribution in [0.1, 0.15) is 56.9 Å². The van der Waals surface area contributed by atoms with Gasteiger partial charge >= 0.3 is 12.1 Å². The van der Waals surface area contributed by atoms with Crippen LogP contribution in [-0.4, -0.2) is 50.4 Å². The van der Waals surface area contributed by atoms with Gasteiger partial charge in [0.2, 0.25) is 0 Å². The Morgan fingerprint density at radius 1 is 1.11 bits per heavy atom. The second kappa shape index (κ2) is 9.98. The Kier molecular flexibility index (Phi) is 7.27. The molecule has 0 bridgehead atoms. The number of likely N-dealkylation sites (tertiary alicyclic amines) is 1. The highest BCUT2D eigenvalue weighted by atomic mass is 35.5. The second-order valence-electron chi connectivity index (χ2n) is 9.09. The molecule has 1 aliphatic rings. The van der Waals surface area contributed by atoms with E-state index < -0.39 is 29.7 Å². The third kappa shape index (κ3) is 5.17. The van der Waals surface area contributed by atoms with Crippen LogP contribution in [0.4, 0.5) is 13.2 Å². The summed E-state index contributed by atoms with van der Waals surface area (Å²) < 4.78 is 41.0. The molecule has 0 saturated carbocycles. The van der Waals surface area contributed by atoms with Gasteiger partial charge in [0.1, 0.15) is 5.69 Å². The van der Waals surface area contributed by atoms with Crippen molar-refractivity contribution in [1.29, 1.82) is 0 Å². The van der Waals surface area contributed by atoms with Gasteiger partial charge in [-0.3, -0.25) is 19.0 Å². The first kappa shape index (κ1) is 26.9. The summed E-state index contributed by atoms with van der Waals surface area (Å²) in [4.78, 5) is 43.0. The molecule has 0 radical (unpaired) electrons. The van der Waals surface area contributed by atoms with E-state index in [0.717, 1.165) is 10.6 Å². The van der Waals surface area contributed by atoms with Crippen molar-refractivity contribution < 1.29 is 32.7 Å². The maximum Gasteiger partial charge on any atom is 0.433 e. The number of aliphatic carboxylic acids is 1. The number of halogens is 5. The minimum absolute atomic E-state index is 0.00465. The Labute approximate surface area is 219 Å². The van der Waals surface area contributed by atoms with Crippen LogP contribution in [0.3, 0.4) is 0 Å². The number of fused-ring (bicyclic) bond motifs is 1. The second-order valence-corrected chi connectivity index (χ2v) is 9.88. The summed E-state index contributed by atoms with van der Waals surface area (Å²) in [6, 6.07) is 3.67. The highest BCUT2D eigenvalue weighted by Gasteiger charge is 2.34. The van der Waals surface area contributed by atoms with E-state index in [0.29, 0.717) is 31.5 Å². The number of aryl methyl sites for hydroxylation is 2. The van der Waals surface area contributed by atoms with Crippen LogP contribution in [0.5, 0.6) is 0 Å². The first-order valence-electron chi connectivity index (χ1n) is 11.4. The predicted molar refractivity (Wildman–Crippen MR) is 131 cm³/mol. The summed E-state index contributed by atoms with van der Waals surface area (Å²) in [5, 5.41) is 9.00. The van der Waals surface area contributed by atoms with Crippen molar-refractivity contribution in [1.82, 2.24) is 14.5 Å². The van der Waals surface area contributed by atoms with E-state index in [-0.39, 0.29) is 50.1 Å². The fourth-order valence-electron chi connectivity index (χ4n) is 4.70. The number of alkyl halides is 3. The maximum atomic E-state index is 13.6. The molecule has 1 amide bonds. The lowest BCUT2D eigenvalue weighted by Gasteiger charge is -2.31. The number of aromatic nitrogens is 2. The Hall–Kier alpha value is -3.11. The Morgan fingerprint density at radius 2 is 1.76 bits per heavy atom. The lowest BCUT2D eigenvalue weighted by molar-refractivity contribution is -0.141. The van der Waals surface area contributed by atoms with E-state index in [1.807, 2.05) is 0 Å². The smallest absolute Gasteiger partial charge is 0.433 e. The van der Waals surface area contributed by atoms with Gasteiger partial charge in [0.05, 0.1) is 32.4 Å². The molecule has 1 N–H and O–H groups in total. The van der Waals surface area contributed by atoms with Gasteiger partial charge in [-0.15, -0.1) is 0 Å². The molecule has 2 aromatic heterocycles. The summed E-state index contributed by atoms with van der Waals surface area (Å²) in [7, 11) is 0. The average molecular weight is 556 g/mol. The lowest BCUT2D eigenvalue weighted by atomic mass is 9.93. The minimum Gasteiger partial charge on any atom is -0.481 e. The molecule has 0 atom stereocenters. The van der Waals surface area contributed by atoms with E-state index in [1.165, 1.54) is 25.3 Å². The van der Waals surface area contributed by atoms with E-state index in [2.05, 4.69) is 4.98 Å². The maximum absolute atomic E-state index is 13.6. The van der Waals surface area contributed by atoms with Gasteiger partial charge in [0.15, 0.2) is 0 Å². The van der Waals surface area contributed by atoms with Crippen LogP contribution in [0, 0.1) is 19.8 Å². The van der Waals surface area contributed by atoms with Gasteiger partial charge in [0, 0.05) is 31.1 Å². The summed E-state index contributed by atoms with van der Waals surface area (Å²) in [6.07, 6.45) is -2.19. The fraction of sp³-hybridized carbons (Fsp3) is 0.360. The SMILES string of the molecule is Cc1cn(C(=O)c2c(Cl)ccc(C(=O)N3CCC(CC(=O)O)CC3)c2Cl)c2c(C)nc(C(F)(F)F)cc12. The molecule has 0 unspecified atom stereocenters. The molecule has 0 spiro atoms. The number of carboxylic acids is 1. The molecule has 37 heavy (non-hydrogen) atoms. The fourth-order valence-corrected chi connectivity index (χ4v) is 5.31. The molecule has 1 saturated heterocycles. The van der Waals surface area contributed by atoms with Gasteiger partial charge in [-0.25, -0.2) is 4.98 Å². The Morgan fingerprint density at radius 3 is 2.35 bits per heavy atom. The van der Waals surface area contributed by atoms with Crippen LogP contribution < -0.4 is 0 Å². The molecule has 7 nitrogen and oxygen atoms in total. The summed E-state index contributed by atoms with van der Waals surface area (Å²) in [5.41, 5.74) is -0.584. The number of amides is 1. The molecular weight excluding hydrogens is 534 g/mol. The van der Waals surface area contributed by atoms with E-state index in [1.54, 1.807) is 11.8 Å². The van der Waals surface area contributed by atoms with Crippen LogP contribution in [0.15, 0.2) is 24.4 Å². The third-order valence-corrected chi connectivity index (χ3v) is 7.27. The zero-order chi connectivity index (χ0) is 27.2. The number of nitrogens with zero attached hydrogens (tertiary/aromatic N) is 3. The zero-order valence-corrected chi connectivity index (χ0v) is 21.3. The molecule has 0 aliphatic carbocycles. The normalized spacial score (nSPS) is 14.8.